The van der Waals surface area contributed by atoms with Gasteiger partial charge in [-0.3, -0.25) is 14.7 Å². The second-order valence-corrected chi connectivity index (χ2v) is 6.15. The molecule has 0 spiro atoms. The summed E-state index contributed by atoms with van der Waals surface area (Å²) in [6.07, 6.45) is -1.26. The Labute approximate surface area is 167 Å². The number of fused-ring (bicyclic) bond motifs is 1. The van der Waals surface area contributed by atoms with E-state index >= 15 is 0 Å². The third kappa shape index (κ3) is 4.40. The van der Waals surface area contributed by atoms with Crippen LogP contribution in [0.15, 0.2) is 36.4 Å². The molecular weight excluding hydrogens is 405 g/mol. The van der Waals surface area contributed by atoms with Gasteiger partial charge in [-0.1, -0.05) is 18.2 Å². The van der Waals surface area contributed by atoms with Gasteiger partial charge in [-0.2, -0.15) is 5.10 Å². The number of amides is 2. The maximum absolute atomic E-state index is 13.6. The first-order valence-corrected chi connectivity index (χ1v) is 8.63. The molecule has 1 heterocycles. The van der Waals surface area contributed by atoms with E-state index in [1.807, 2.05) is 5.32 Å². The van der Waals surface area contributed by atoms with Crippen LogP contribution in [0.1, 0.15) is 17.4 Å². The Morgan fingerprint density at radius 3 is 2.60 bits per heavy atom. The van der Waals surface area contributed by atoms with Crippen molar-refractivity contribution in [2.45, 2.75) is 13.0 Å². The molecule has 0 fully saturated rings. The van der Waals surface area contributed by atoms with Crippen LogP contribution >= 0.6 is 0 Å². The van der Waals surface area contributed by atoms with Crippen molar-refractivity contribution in [3.8, 4) is 0 Å². The van der Waals surface area contributed by atoms with Gasteiger partial charge in [0.05, 0.1) is 17.7 Å². The zero-order valence-electron chi connectivity index (χ0n) is 15.5. The number of carbonyl (C=O) groups excluding carboxylic acids is 3. The lowest BCUT2D eigenvalue weighted by atomic mass is 10.2. The fourth-order valence-electron chi connectivity index (χ4n) is 2.52. The Bertz CT molecular complexity index is 1130. The van der Waals surface area contributed by atoms with Gasteiger partial charge in [-0.05, 0) is 25.1 Å². The van der Waals surface area contributed by atoms with Crippen molar-refractivity contribution in [1.82, 2.24) is 15.5 Å². The smallest absolute Gasteiger partial charge is 0.360 e. The molecule has 2 amide bonds. The molecule has 0 radical (unpaired) electrons. The molecule has 156 valence electrons. The van der Waals surface area contributed by atoms with Gasteiger partial charge in [0.15, 0.2) is 29.2 Å². The van der Waals surface area contributed by atoms with Crippen LogP contribution in [0.3, 0.4) is 0 Å². The van der Waals surface area contributed by atoms with Gasteiger partial charge in [0.1, 0.15) is 0 Å². The second-order valence-electron chi connectivity index (χ2n) is 6.15. The summed E-state index contributed by atoms with van der Waals surface area (Å²) < 4.78 is 44.7. The Hall–Kier alpha value is -3.89. The lowest BCUT2D eigenvalue weighted by Gasteiger charge is -2.13. The minimum absolute atomic E-state index is 0.00296. The number of esters is 1. The van der Waals surface area contributed by atoms with Crippen LogP contribution in [0.25, 0.3) is 10.9 Å². The van der Waals surface area contributed by atoms with Crippen LogP contribution in [-0.4, -0.2) is 40.6 Å². The first kappa shape index (κ1) is 20.8. The van der Waals surface area contributed by atoms with Crippen LogP contribution in [0, 0.1) is 17.5 Å². The Balaban J connectivity index is 1.53. The van der Waals surface area contributed by atoms with Gasteiger partial charge in [-0.25, -0.2) is 18.0 Å². The van der Waals surface area contributed by atoms with Crippen LogP contribution in [0.2, 0.25) is 0 Å². The topological polar surface area (TPSA) is 113 Å². The van der Waals surface area contributed by atoms with Crippen LogP contribution < -0.4 is 10.6 Å². The van der Waals surface area contributed by atoms with E-state index in [2.05, 4.69) is 15.5 Å². The third-order valence-corrected chi connectivity index (χ3v) is 4.05. The average Bonchev–Trinajstić information content (AvgIpc) is 3.16. The molecule has 3 aromatic rings. The molecule has 0 aliphatic carbocycles. The summed E-state index contributed by atoms with van der Waals surface area (Å²) in [6, 6.07) is 8.31. The highest BCUT2D eigenvalue weighted by Crippen LogP contribution is 2.19. The van der Waals surface area contributed by atoms with Crippen LogP contribution in [-0.2, 0) is 14.3 Å². The molecule has 0 saturated carbocycles. The zero-order valence-corrected chi connectivity index (χ0v) is 15.5. The predicted octanol–water partition coefficient (Wildman–Crippen LogP) is 2.28. The van der Waals surface area contributed by atoms with Gasteiger partial charge >= 0.3 is 5.97 Å². The molecule has 11 heteroatoms. The van der Waals surface area contributed by atoms with E-state index in [0.29, 0.717) is 17.0 Å². The van der Waals surface area contributed by atoms with Gasteiger partial charge in [0.25, 0.3) is 5.91 Å². The van der Waals surface area contributed by atoms with Crippen molar-refractivity contribution in [2.75, 3.05) is 11.9 Å². The predicted molar refractivity (Wildman–Crippen MR) is 98.9 cm³/mol. The summed E-state index contributed by atoms with van der Waals surface area (Å²) in [7, 11) is 0. The number of hydrogen-bond acceptors (Lipinski definition) is 5. The minimum atomic E-state index is -1.73. The van der Waals surface area contributed by atoms with Crippen molar-refractivity contribution < 1.29 is 32.3 Å². The van der Waals surface area contributed by atoms with E-state index in [4.69, 9.17) is 4.74 Å². The zero-order chi connectivity index (χ0) is 21.8. The molecule has 30 heavy (non-hydrogen) atoms. The van der Waals surface area contributed by atoms with E-state index in [9.17, 15) is 27.6 Å². The number of halogens is 3. The fraction of sp³-hybridized carbons (Fsp3) is 0.158. The largest absolute Gasteiger partial charge is 0.448 e. The maximum Gasteiger partial charge on any atom is 0.360 e. The number of ether oxygens (including phenoxy) is 1. The molecular formula is C19H15F3N4O4. The van der Waals surface area contributed by atoms with Crippen molar-refractivity contribution >= 4 is 34.4 Å². The monoisotopic (exact) mass is 420 g/mol. The Kier molecular flexibility index (Phi) is 6.00. The normalized spacial score (nSPS) is 11.7. The van der Waals surface area contributed by atoms with Gasteiger partial charge in [0, 0.05) is 5.39 Å². The summed E-state index contributed by atoms with van der Waals surface area (Å²) in [5.41, 5.74) is 0.0255. The summed E-state index contributed by atoms with van der Waals surface area (Å²) in [4.78, 5) is 36.1. The van der Waals surface area contributed by atoms with Crippen LogP contribution in [0.5, 0.6) is 0 Å². The van der Waals surface area contributed by atoms with Crippen molar-refractivity contribution in [3.05, 3.63) is 59.5 Å². The van der Waals surface area contributed by atoms with E-state index in [-0.39, 0.29) is 5.69 Å². The number of hydrogen-bond donors (Lipinski definition) is 3. The Morgan fingerprint density at radius 2 is 1.83 bits per heavy atom. The highest BCUT2D eigenvalue weighted by atomic mass is 19.2. The molecule has 8 nitrogen and oxygen atoms in total. The number of nitrogens with zero attached hydrogens (tertiary/aromatic N) is 1. The molecule has 0 aliphatic heterocycles. The molecule has 3 rings (SSSR count). The Morgan fingerprint density at radius 1 is 1.10 bits per heavy atom. The average molecular weight is 420 g/mol. The third-order valence-electron chi connectivity index (χ3n) is 4.05. The van der Waals surface area contributed by atoms with E-state index in [1.54, 1.807) is 24.3 Å². The maximum atomic E-state index is 13.6. The van der Waals surface area contributed by atoms with Gasteiger partial charge in [0.2, 0.25) is 5.91 Å². The number of para-hydroxylation sites is 1. The molecule has 0 aliphatic rings. The summed E-state index contributed by atoms with van der Waals surface area (Å²) >= 11 is 0. The molecule has 2 aromatic carbocycles. The number of H-pyrrole nitrogens is 1. The first-order chi connectivity index (χ1) is 14.3. The summed E-state index contributed by atoms with van der Waals surface area (Å²) in [5.74, 6) is -7.25. The fourth-order valence-corrected chi connectivity index (χ4v) is 2.52. The summed E-state index contributed by atoms with van der Waals surface area (Å²) in [5, 5.41) is 11.2. The van der Waals surface area contributed by atoms with Crippen molar-refractivity contribution in [2.24, 2.45) is 0 Å². The minimum Gasteiger partial charge on any atom is -0.448 e. The van der Waals surface area contributed by atoms with Gasteiger partial charge < -0.3 is 15.4 Å². The molecule has 0 saturated heterocycles. The number of benzene rings is 2. The molecule has 0 unspecified atom stereocenters. The number of carbonyl (C=O) groups is 3. The standard InChI is InChI=1S/C19H15F3N4O4/c1-9(30-19(29)17-10-4-2-3-5-12(10)25-26-17)18(28)23-8-14(27)24-13-7-6-11(20)15(21)16(13)22/h2-7,9H,8H2,1H3,(H,23,28)(H,24,27)(H,25,26)/t9-/m1/s1. The first-order valence-electron chi connectivity index (χ1n) is 8.63. The quantitative estimate of drug-likeness (QED) is 0.418. The molecule has 1 aromatic heterocycles. The molecule has 0 bridgehead atoms. The van der Waals surface area contributed by atoms with Gasteiger partial charge in [-0.15, -0.1) is 0 Å². The number of anilines is 1. The van der Waals surface area contributed by atoms with E-state index < -0.39 is 53.6 Å². The van der Waals surface area contributed by atoms with Crippen molar-refractivity contribution in [1.29, 1.82) is 0 Å². The number of aromatic amines is 1. The molecule has 1 atom stereocenters. The van der Waals surface area contributed by atoms with E-state index in [1.165, 1.54) is 6.92 Å². The second kappa shape index (κ2) is 8.64. The number of aromatic nitrogens is 2. The van der Waals surface area contributed by atoms with Crippen LogP contribution in [0.4, 0.5) is 18.9 Å². The lowest BCUT2D eigenvalue weighted by Crippen LogP contribution is -2.40. The lowest BCUT2D eigenvalue weighted by molar-refractivity contribution is -0.130. The van der Waals surface area contributed by atoms with E-state index in [0.717, 1.165) is 6.07 Å². The molecule has 3 N–H and O–H groups in total. The highest BCUT2D eigenvalue weighted by Gasteiger charge is 2.23. The number of rotatable bonds is 6. The summed E-state index contributed by atoms with van der Waals surface area (Å²) in [6.45, 7) is 0.666. The SMILES string of the molecule is C[C@@H](OC(=O)c1n[nH]c2ccccc12)C(=O)NCC(=O)Nc1ccc(F)c(F)c1F. The van der Waals surface area contributed by atoms with Crippen molar-refractivity contribution in [3.63, 3.8) is 0 Å². The highest BCUT2D eigenvalue weighted by molar-refractivity contribution is 6.03. The number of nitrogens with one attached hydrogen (secondary N) is 3.